The first-order valence-electron chi connectivity index (χ1n) is 7.75. The molecule has 2 N–H and O–H groups in total. The van der Waals surface area contributed by atoms with Crippen molar-refractivity contribution in [3.8, 4) is 6.01 Å². The van der Waals surface area contributed by atoms with Crippen LogP contribution in [0.15, 0.2) is 0 Å². The normalized spacial score (nSPS) is 16.7. The third-order valence-electron chi connectivity index (χ3n) is 3.84. The van der Waals surface area contributed by atoms with E-state index in [1.807, 2.05) is 6.92 Å². The number of piperidine rings is 1. The van der Waals surface area contributed by atoms with Crippen LogP contribution in [-0.2, 0) is 0 Å². The number of hydrogen-bond donors (Lipinski definition) is 2. The zero-order valence-corrected chi connectivity index (χ0v) is 13.2. The van der Waals surface area contributed by atoms with Crippen molar-refractivity contribution in [3.63, 3.8) is 0 Å². The van der Waals surface area contributed by atoms with Gasteiger partial charge in [0, 0.05) is 13.1 Å². The number of anilines is 2. The van der Waals surface area contributed by atoms with Crippen molar-refractivity contribution in [2.24, 2.45) is 5.92 Å². The molecule has 0 atom stereocenters. The van der Waals surface area contributed by atoms with Crippen molar-refractivity contribution in [1.29, 1.82) is 0 Å². The van der Waals surface area contributed by atoms with E-state index in [4.69, 9.17) is 4.74 Å². The number of aromatic nitrogens is 3. The van der Waals surface area contributed by atoms with Crippen LogP contribution in [0.1, 0.15) is 26.7 Å². The molecule has 1 aromatic heterocycles. The highest BCUT2D eigenvalue weighted by Gasteiger charge is 2.18. The Morgan fingerprint density at radius 3 is 2.33 bits per heavy atom. The van der Waals surface area contributed by atoms with E-state index in [9.17, 15) is 0 Å². The monoisotopic (exact) mass is 294 g/mol. The van der Waals surface area contributed by atoms with E-state index in [0.717, 1.165) is 19.6 Å². The Bertz CT molecular complexity index is 433. The zero-order valence-electron chi connectivity index (χ0n) is 13.2. The molecule has 1 aromatic rings. The van der Waals surface area contributed by atoms with Crippen molar-refractivity contribution in [2.45, 2.75) is 26.7 Å². The predicted octanol–water partition coefficient (Wildman–Crippen LogP) is 1.46. The first kappa shape index (κ1) is 15.8. The lowest BCUT2D eigenvalue weighted by atomic mass is 9.97. The molecule has 0 aliphatic carbocycles. The minimum atomic E-state index is 0.337. The van der Waals surface area contributed by atoms with E-state index in [0.29, 0.717) is 23.8 Å². The number of nitrogens with one attached hydrogen (secondary N) is 2. The van der Waals surface area contributed by atoms with Gasteiger partial charge < -0.3 is 20.3 Å². The average molecular weight is 294 g/mol. The second-order valence-corrected chi connectivity index (χ2v) is 5.26. The maximum atomic E-state index is 5.11. The van der Waals surface area contributed by atoms with Gasteiger partial charge >= 0.3 is 6.01 Å². The number of nitrogens with zero attached hydrogens (tertiary/aromatic N) is 4. The maximum absolute atomic E-state index is 5.11. The molecule has 0 amide bonds. The number of likely N-dealkylation sites (tertiary alicyclic amines) is 1. The SMILES string of the molecule is CCNc1nc(NCC2CCN(CC)CC2)nc(OC)n1. The molecule has 21 heavy (non-hydrogen) atoms. The molecule has 0 saturated carbocycles. The quantitative estimate of drug-likeness (QED) is 0.788. The summed E-state index contributed by atoms with van der Waals surface area (Å²) in [6.45, 7) is 9.41. The molecule has 1 saturated heterocycles. The van der Waals surface area contributed by atoms with Crippen LogP contribution in [0.5, 0.6) is 6.01 Å². The van der Waals surface area contributed by atoms with Crippen LogP contribution in [0.25, 0.3) is 0 Å². The van der Waals surface area contributed by atoms with Gasteiger partial charge in [-0.1, -0.05) is 6.92 Å². The Morgan fingerprint density at radius 1 is 1.10 bits per heavy atom. The van der Waals surface area contributed by atoms with E-state index >= 15 is 0 Å². The minimum Gasteiger partial charge on any atom is -0.467 e. The van der Waals surface area contributed by atoms with E-state index in [1.54, 1.807) is 7.11 Å². The summed E-state index contributed by atoms with van der Waals surface area (Å²) in [5, 5.41) is 6.41. The molecular weight excluding hydrogens is 268 g/mol. The average Bonchev–Trinajstić information content (AvgIpc) is 2.53. The first-order valence-corrected chi connectivity index (χ1v) is 7.75. The van der Waals surface area contributed by atoms with Crippen LogP contribution in [0.2, 0.25) is 0 Å². The molecular formula is C14H26N6O. The largest absolute Gasteiger partial charge is 0.467 e. The maximum Gasteiger partial charge on any atom is 0.322 e. The third-order valence-corrected chi connectivity index (χ3v) is 3.84. The fourth-order valence-corrected chi connectivity index (χ4v) is 2.51. The van der Waals surface area contributed by atoms with Crippen LogP contribution < -0.4 is 15.4 Å². The molecule has 0 aromatic carbocycles. The van der Waals surface area contributed by atoms with Crippen molar-refractivity contribution < 1.29 is 4.74 Å². The highest BCUT2D eigenvalue weighted by molar-refractivity contribution is 5.35. The van der Waals surface area contributed by atoms with Gasteiger partial charge in [-0.15, -0.1) is 0 Å². The summed E-state index contributed by atoms with van der Waals surface area (Å²) in [5.74, 6) is 1.81. The van der Waals surface area contributed by atoms with Crippen LogP contribution >= 0.6 is 0 Å². The van der Waals surface area contributed by atoms with Crippen LogP contribution in [-0.4, -0.2) is 59.7 Å². The highest BCUT2D eigenvalue weighted by Crippen LogP contribution is 2.18. The molecule has 0 radical (unpaired) electrons. The predicted molar refractivity (Wildman–Crippen MR) is 83.9 cm³/mol. The number of hydrogen-bond acceptors (Lipinski definition) is 7. The Hall–Kier alpha value is -1.63. The third kappa shape index (κ3) is 4.70. The second kappa shape index (κ2) is 7.97. The Kier molecular flexibility index (Phi) is 5.98. The van der Waals surface area contributed by atoms with Gasteiger partial charge in [-0.3, -0.25) is 0 Å². The summed E-state index contributed by atoms with van der Waals surface area (Å²) in [7, 11) is 1.56. The highest BCUT2D eigenvalue weighted by atomic mass is 16.5. The fraction of sp³-hybridized carbons (Fsp3) is 0.786. The number of rotatable bonds is 7. The van der Waals surface area contributed by atoms with Gasteiger partial charge in [-0.2, -0.15) is 15.0 Å². The molecule has 0 bridgehead atoms. The zero-order chi connectivity index (χ0) is 15.1. The van der Waals surface area contributed by atoms with E-state index < -0.39 is 0 Å². The van der Waals surface area contributed by atoms with E-state index in [-0.39, 0.29) is 0 Å². The van der Waals surface area contributed by atoms with Gasteiger partial charge in [0.1, 0.15) is 0 Å². The number of methoxy groups -OCH3 is 1. The second-order valence-electron chi connectivity index (χ2n) is 5.26. The summed E-state index contributed by atoms with van der Waals surface area (Å²) >= 11 is 0. The smallest absolute Gasteiger partial charge is 0.322 e. The van der Waals surface area contributed by atoms with Gasteiger partial charge in [0.05, 0.1) is 7.11 Å². The molecule has 0 spiro atoms. The van der Waals surface area contributed by atoms with Crippen LogP contribution in [0, 0.1) is 5.92 Å². The minimum absolute atomic E-state index is 0.337. The molecule has 1 aliphatic heterocycles. The van der Waals surface area contributed by atoms with Crippen molar-refractivity contribution in [2.75, 3.05) is 50.5 Å². The van der Waals surface area contributed by atoms with E-state index in [1.165, 1.54) is 25.9 Å². The Balaban J connectivity index is 1.89. The molecule has 2 heterocycles. The molecule has 2 rings (SSSR count). The summed E-state index contributed by atoms with van der Waals surface area (Å²) in [5.41, 5.74) is 0. The van der Waals surface area contributed by atoms with Gasteiger partial charge in [-0.05, 0) is 45.3 Å². The molecule has 7 heteroatoms. The molecule has 1 aliphatic rings. The van der Waals surface area contributed by atoms with E-state index in [2.05, 4.69) is 37.4 Å². The van der Waals surface area contributed by atoms with Gasteiger partial charge in [-0.25, -0.2) is 0 Å². The fourth-order valence-electron chi connectivity index (χ4n) is 2.51. The Labute approximate surface area is 126 Å². The summed E-state index contributed by atoms with van der Waals surface area (Å²) in [6.07, 6.45) is 2.45. The van der Waals surface area contributed by atoms with Crippen molar-refractivity contribution >= 4 is 11.9 Å². The first-order chi connectivity index (χ1) is 10.2. The summed E-state index contributed by atoms with van der Waals surface area (Å²) < 4.78 is 5.11. The topological polar surface area (TPSA) is 75.2 Å². The lowest BCUT2D eigenvalue weighted by Gasteiger charge is -2.31. The number of ether oxygens (including phenoxy) is 1. The van der Waals surface area contributed by atoms with Crippen LogP contribution in [0.4, 0.5) is 11.9 Å². The lowest BCUT2D eigenvalue weighted by molar-refractivity contribution is 0.198. The summed E-state index contributed by atoms with van der Waals surface area (Å²) in [6, 6.07) is 0.337. The van der Waals surface area contributed by atoms with Gasteiger partial charge in [0.2, 0.25) is 11.9 Å². The van der Waals surface area contributed by atoms with Crippen molar-refractivity contribution in [1.82, 2.24) is 19.9 Å². The molecule has 118 valence electrons. The molecule has 1 fully saturated rings. The molecule has 7 nitrogen and oxygen atoms in total. The lowest BCUT2D eigenvalue weighted by Crippen LogP contribution is -2.35. The van der Waals surface area contributed by atoms with Crippen LogP contribution in [0.3, 0.4) is 0 Å². The summed E-state index contributed by atoms with van der Waals surface area (Å²) in [4.78, 5) is 15.2. The Morgan fingerprint density at radius 2 is 1.76 bits per heavy atom. The van der Waals surface area contributed by atoms with Gasteiger partial charge in [0.25, 0.3) is 0 Å². The standard InChI is InChI=1S/C14H26N6O/c1-4-15-12-17-13(19-14(18-12)21-3)16-10-11-6-8-20(5-2)9-7-11/h11H,4-10H2,1-3H3,(H2,15,16,17,18,19). The van der Waals surface area contributed by atoms with Gasteiger partial charge in [0.15, 0.2) is 0 Å². The van der Waals surface area contributed by atoms with Crippen molar-refractivity contribution in [3.05, 3.63) is 0 Å². The molecule has 0 unspecified atom stereocenters.